The standard InChI is InChI=1S/C20H22N8/c1-13(2)15-7-20(28-24-10-15)27-19-6-5-17-18(26-19)8-16(11-23-17)25-14(3)9-22-12-21-4/h5-13,25H,4H2,1-3H3,(H,26,27,28)/b14-9+,22-12?. The van der Waals surface area contributed by atoms with Crippen molar-refractivity contribution >= 4 is 41.4 Å². The summed E-state index contributed by atoms with van der Waals surface area (Å²) in [6, 6.07) is 7.69. The zero-order valence-electron chi connectivity index (χ0n) is 16.1. The van der Waals surface area contributed by atoms with Gasteiger partial charge < -0.3 is 10.6 Å². The van der Waals surface area contributed by atoms with E-state index in [4.69, 9.17) is 0 Å². The normalized spacial score (nSPS) is 11.9. The van der Waals surface area contributed by atoms with E-state index < -0.39 is 0 Å². The summed E-state index contributed by atoms with van der Waals surface area (Å²) in [4.78, 5) is 16.6. The van der Waals surface area contributed by atoms with Crippen LogP contribution in [0.1, 0.15) is 32.3 Å². The molecule has 142 valence electrons. The van der Waals surface area contributed by atoms with Crippen molar-refractivity contribution in [3.05, 3.63) is 54.1 Å². The van der Waals surface area contributed by atoms with Crippen LogP contribution in [0.3, 0.4) is 0 Å². The van der Waals surface area contributed by atoms with E-state index in [0.29, 0.717) is 17.6 Å². The van der Waals surface area contributed by atoms with Gasteiger partial charge in [-0.25, -0.2) is 9.98 Å². The van der Waals surface area contributed by atoms with E-state index in [1.54, 1.807) is 18.6 Å². The second kappa shape index (κ2) is 8.81. The average Bonchev–Trinajstić information content (AvgIpc) is 2.68. The molecule has 0 aliphatic rings. The van der Waals surface area contributed by atoms with Gasteiger partial charge in [-0.05, 0) is 49.4 Å². The van der Waals surface area contributed by atoms with Gasteiger partial charge in [0.2, 0.25) is 0 Å². The summed E-state index contributed by atoms with van der Waals surface area (Å²) >= 11 is 0. The van der Waals surface area contributed by atoms with Crippen molar-refractivity contribution in [2.45, 2.75) is 26.7 Å². The van der Waals surface area contributed by atoms with Crippen molar-refractivity contribution in [2.24, 2.45) is 9.98 Å². The third-order valence-corrected chi connectivity index (χ3v) is 3.89. The molecule has 8 nitrogen and oxygen atoms in total. The van der Waals surface area contributed by atoms with Crippen LogP contribution in [0.15, 0.2) is 58.5 Å². The molecular formula is C20H22N8. The first-order valence-corrected chi connectivity index (χ1v) is 8.83. The Balaban J connectivity index is 1.82. The number of allylic oxidation sites excluding steroid dienone is 1. The molecule has 0 radical (unpaired) electrons. The van der Waals surface area contributed by atoms with E-state index in [0.717, 1.165) is 28.0 Å². The van der Waals surface area contributed by atoms with Crippen LogP contribution in [0.2, 0.25) is 0 Å². The molecule has 0 spiro atoms. The Labute approximate surface area is 163 Å². The molecule has 0 aliphatic heterocycles. The van der Waals surface area contributed by atoms with E-state index in [2.05, 4.69) is 61.3 Å². The Morgan fingerprint density at radius 2 is 2.00 bits per heavy atom. The van der Waals surface area contributed by atoms with E-state index >= 15 is 0 Å². The molecule has 0 aromatic carbocycles. The van der Waals surface area contributed by atoms with Gasteiger partial charge in [-0.15, -0.1) is 5.10 Å². The number of anilines is 3. The maximum atomic E-state index is 4.63. The fourth-order valence-corrected chi connectivity index (χ4v) is 2.49. The minimum absolute atomic E-state index is 0.376. The van der Waals surface area contributed by atoms with Gasteiger partial charge in [0, 0.05) is 11.9 Å². The number of hydrogen-bond acceptors (Lipinski definition) is 7. The van der Waals surface area contributed by atoms with Crippen LogP contribution in [0, 0.1) is 0 Å². The highest BCUT2D eigenvalue weighted by molar-refractivity contribution is 5.80. The van der Waals surface area contributed by atoms with Gasteiger partial charge in [0.15, 0.2) is 5.82 Å². The predicted octanol–water partition coefficient (Wildman–Crippen LogP) is 4.29. The third kappa shape index (κ3) is 4.94. The molecule has 3 rings (SSSR count). The van der Waals surface area contributed by atoms with E-state index in [1.165, 1.54) is 6.34 Å². The number of fused-ring (bicyclic) bond motifs is 1. The smallest absolute Gasteiger partial charge is 0.154 e. The molecule has 0 aliphatic carbocycles. The summed E-state index contributed by atoms with van der Waals surface area (Å²) in [6.45, 7) is 9.48. The fourth-order valence-electron chi connectivity index (χ4n) is 2.49. The first-order valence-electron chi connectivity index (χ1n) is 8.83. The molecule has 3 aromatic heterocycles. The highest BCUT2D eigenvalue weighted by atomic mass is 15.2. The van der Waals surface area contributed by atoms with E-state index in [9.17, 15) is 0 Å². The lowest BCUT2D eigenvalue weighted by Crippen LogP contribution is -2.01. The summed E-state index contributed by atoms with van der Waals surface area (Å²) in [6.07, 6.45) is 6.56. The average molecular weight is 374 g/mol. The van der Waals surface area contributed by atoms with Crippen molar-refractivity contribution in [3.63, 3.8) is 0 Å². The molecule has 0 unspecified atom stereocenters. The molecule has 2 N–H and O–H groups in total. The number of hydrogen-bond donors (Lipinski definition) is 2. The van der Waals surface area contributed by atoms with Crippen LogP contribution < -0.4 is 10.6 Å². The summed E-state index contributed by atoms with van der Waals surface area (Å²) in [5, 5.41) is 14.6. The lowest BCUT2D eigenvalue weighted by molar-refractivity contribution is 0.843. The Morgan fingerprint density at radius 3 is 2.79 bits per heavy atom. The van der Waals surface area contributed by atoms with Gasteiger partial charge in [0.05, 0.1) is 29.1 Å². The maximum Gasteiger partial charge on any atom is 0.154 e. The number of pyridine rings is 2. The van der Waals surface area contributed by atoms with Crippen molar-refractivity contribution in [1.82, 2.24) is 20.2 Å². The highest BCUT2D eigenvalue weighted by Crippen LogP contribution is 2.21. The monoisotopic (exact) mass is 374 g/mol. The fraction of sp³-hybridized carbons (Fsp3) is 0.200. The van der Waals surface area contributed by atoms with Gasteiger partial charge in [-0.1, -0.05) is 13.8 Å². The van der Waals surface area contributed by atoms with E-state index in [1.807, 2.05) is 31.2 Å². The van der Waals surface area contributed by atoms with Crippen LogP contribution in [0.4, 0.5) is 17.3 Å². The lowest BCUT2D eigenvalue weighted by Gasteiger charge is -2.09. The Kier molecular flexibility index (Phi) is 6.01. The number of aromatic nitrogens is 4. The molecule has 0 bridgehead atoms. The number of nitrogens with one attached hydrogen (secondary N) is 2. The van der Waals surface area contributed by atoms with Gasteiger partial charge >= 0.3 is 0 Å². The highest BCUT2D eigenvalue weighted by Gasteiger charge is 2.06. The summed E-state index contributed by atoms with van der Waals surface area (Å²) in [5.41, 5.74) is 4.33. The van der Waals surface area contributed by atoms with E-state index in [-0.39, 0.29) is 0 Å². The number of aliphatic imine (C=N–C) groups is 2. The summed E-state index contributed by atoms with van der Waals surface area (Å²) in [5.74, 6) is 1.71. The number of rotatable bonds is 7. The molecule has 0 fully saturated rings. The van der Waals surface area contributed by atoms with Crippen molar-refractivity contribution < 1.29 is 0 Å². The molecule has 8 heteroatoms. The molecule has 28 heavy (non-hydrogen) atoms. The summed E-state index contributed by atoms with van der Waals surface area (Å²) < 4.78 is 0. The first-order chi connectivity index (χ1) is 13.5. The topological polar surface area (TPSA) is 100 Å². The Bertz CT molecular complexity index is 1040. The second-order valence-corrected chi connectivity index (χ2v) is 6.50. The molecule has 0 amide bonds. The third-order valence-electron chi connectivity index (χ3n) is 3.89. The number of nitrogens with zero attached hydrogens (tertiary/aromatic N) is 6. The largest absolute Gasteiger partial charge is 0.357 e. The van der Waals surface area contributed by atoms with Crippen LogP contribution in [-0.4, -0.2) is 33.2 Å². The quantitative estimate of drug-likeness (QED) is 0.473. The molecule has 3 heterocycles. The lowest BCUT2D eigenvalue weighted by atomic mass is 10.1. The summed E-state index contributed by atoms with van der Waals surface area (Å²) in [7, 11) is 0. The van der Waals surface area contributed by atoms with Crippen LogP contribution in [-0.2, 0) is 0 Å². The zero-order chi connectivity index (χ0) is 19.9. The van der Waals surface area contributed by atoms with Crippen LogP contribution in [0.25, 0.3) is 11.0 Å². The Hall–Kier alpha value is -3.68. The Morgan fingerprint density at radius 1 is 1.14 bits per heavy atom. The van der Waals surface area contributed by atoms with Crippen molar-refractivity contribution in [2.75, 3.05) is 10.6 Å². The van der Waals surface area contributed by atoms with Crippen LogP contribution >= 0.6 is 0 Å². The van der Waals surface area contributed by atoms with Gasteiger partial charge in [0.1, 0.15) is 12.2 Å². The molecule has 0 saturated carbocycles. The minimum Gasteiger partial charge on any atom is -0.357 e. The van der Waals surface area contributed by atoms with Crippen molar-refractivity contribution in [3.8, 4) is 0 Å². The molecule has 0 saturated heterocycles. The molecule has 3 aromatic rings. The van der Waals surface area contributed by atoms with Gasteiger partial charge in [-0.3, -0.25) is 9.98 Å². The predicted molar refractivity (Wildman–Crippen MR) is 114 cm³/mol. The maximum absolute atomic E-state index is 4.63. The SMILES string of the molecule is C=NC=N/C=C(\C)Nc1cnc2ccc(Nc3cc(C(C)C)cnn3)nc2c1. The molecule has 0 atom stereocenters. The minimum atomic E-state index is 0.376. The van der Waals surface area contributed by atoms with Gasteiger partial charge in [0.25, 0.3) is 0 Å². The second-order valence-electron chi connectivity index (χ2n) is 6.50. The first kappa shape index (κ1) is 19.1. The zero-order valence-corrected chi connectivity index (χ0v) is 16.1. The van der Waals surface area contributed by atoms with Crippen LogP contribution in [0.5, 0.6) is 0 Å². The molecular weight excluding hydrogens is 352 g/mol. The van der Waals surface area contributed by atoms with Gasteiger partial charge in [-0.2, -0.15) is 5.10 Å². The van der Waals surface area contributed by atoms with Crippen molar-refractivity contribution in [1.29, 1.82) is 0 Å².